The Kier molecular flexibility index (Phi) is 2.67. The molecule has 3 atom stereocenters. The Morgan fingerprint density at radius 1 is 1.59 bits per heavy atom. The molecule has 0 aliphatic carbocycles. The van der Waals surface area contributed by atoms with Crippen LogP contribution in [0.5, 0.6) is 0 Å². The van der Waals surface area contributed by atoms with Crippen LogP contribution in [0.1, 0.15) is 25.0 Å². The van der Waals surface area contributed by atoms with Gasteiger partial charge in [0.05, 0.1) is 18.7 Å². The highest BCUT2D eigenvalue weighted by Gasteiger charge is 2.43. The number of rotatable bonds is 3. The first-order valence-corrected chi connectivity index (χ1v) is 6.27. The second kappa shape index (κ2) is 4.18. The minimum absolute atomic E-state index is 0.175. The summed E-state index contributed by atoms with van der Waals surface area (Å²) in [4.78, 5) is 14.1. The molecule has 17 heavy (non-hydrogen) atoms. The van der Waals surface area contributed by atoms with E-state index in [1.165, 1.54) is 6.42 Å². The predicted octanol–water partition coefficient (Wildman–Crippen LogP) is 1.38. The maximum Gasteiger partial charge on any atom is 0.227 e. The topological polar surface area (TPSA) is 45.5 Å². The van der Waals surface area contributed by atoms with Gasteiger partial charge in [-0.15, -0.1) is 0 Å². The normalized spacial score (nSPS) is 30.8. The Labute approximate surface area is 101 Å². The van der Waals surface area contributed by atoms with Gasteiger partial charge in [-0.2, -0.15) is 0 Å². The quantitative estimate of drug-likeness (QED) is 0.859. The highest BCUT2D eigenvalue weighted by molar-refractivity contribution is 5.80. The van der Waals surface area contributed by atoms with E-state index in [1.807, 2.05) is 19.2 Å². The number of fused-ring (bicyclic) bond motifs is 2. The van der Waals surface area contributed by atoms with Gasteiger partial charge in [0.1, 0.15) is 5.76 Å². The van der Waals surface area contributed by atoms with E-state index in [0.29, 0.717) is 18.6 Å². The summed E-state index contributed by atoms with van der Waals surface area (Å²) < 4.78 is 5.27. The lowest BCUT2D eigenvalue weighted by molar-refractivity contribution is -0.135. The average Bonchev–Trinajstić information content (AvgIpc) is 3.04. The summed E-state index contributed by atoms with van der Waals surface area (Å²) in [5, 5.41) is 3.50. The van der Waals surface area contributed by atoms with Gasteiger partial charge in [-0.1, -0.05) is 0 Å². The standard InChI is InChI=1S/C13H18N2O2/c1-15(8-10-3-2-6-17-10)13(16)11-7-9-4-5-12(11)14-9/h2-3,6,9,11-12,14H,4-5,7-8H2,1H3. The van der Waals surface area contributed by atoms with Crippen molar-refractivity contribution in [3.05, 3.63) is 24.2 Å². The Bertz CT molecular complexity index is 402. The van der Waals surface area contributed by atoms with Crippen molar-refractivity contribution < 1.29 is 9.21 Å². The third-order valence-electron chi connectivity index (χ3n) is 3.97. The number of amides is 1. The van der Waals surface area contributed by atoms with Gasteiger partial charge in [0.25, 0.3) is 0 Å². The summed E-state index contributed by atoms with van der Waals surface area (Å²) in [6, 6.07) is 4.74. The molecule has 1 amide bonds. The van der Waals surface area contributed by atoms with E-state index in [9.17, 15) is 4.79 Å². The number of furan rings is 1. The first-order valence-electron chi connectivity index (χ1n) is 6.27. The molecule has 2 saturated heterocycles. The molecule has 1 aromatic heterocycles. The fourth-order valence-corrected chi connectivity index (χ4v) is 3.09. The van der Waals surface area contributed by atoms with Crippen molar-refractivity contribution in [3.63, 3.8) is 0 Å². The van der Waals surface area contributed by atoms with Crippen LogP contribution in [0.4, 0.5) is 0 Å². The fourth-order valence-electron chi connectivity index (χ4n) is 3.09. The molecule has 2 bridgehead atoms. The van der Waals surface area contributed by atoms with Crippen LogP contribution in [0.25, 0.3) is 0 Å². The zero-order valence-corrected chi connectivity index (χ0v) is 10.1. The van der Waals surface area contributed by atoms with Gasteiger partial charge in [-0.25, -0.2) is 0 Å². The van der Waals surface area contributed by atoms with Crippen LogP contribution < -0.4 is 5.32 Å². The Morgan fingerprint density at radius 2 is 2.47 bits per heavy atom. The van der Waals surface area contributed by atoms with Crippen molar-refractivity contribution in [2.45, 2.75) is 37.9 Å². The molecular weight excluding hydrogens is 216 g/mol. The van der Waals surface area contributed by atoms with Crippen molar-refractivity contribution >= 4 is 5.91 Å². The summed E-state index contributed by atoms with van der Waals surface area (Å²) in [6.07, 6.45) is 5.03. The second-order valence-corrected chi connectivity index (χ2v) is 5.16. The Morgan fingerprint density at radius 3 is 3.06 bits per heavy atom. The molecule has 2 aliphatic rings. The number of hydrogen-bond acceptors (Lipinski definition) is 3. The zero-order valence-electron chi connectivity index (χ0n) is 10.1. The molecule has 3 heterocycles. The van der Waals surface area contributed by atoms with Gasteiger partial charge < -0.3 is 14.6 Å². The van der Waals surface area contributed by atoms with E-state index < -0.39 is 0 Å². The Hall–Kier alpha value is -1.29. The maximum absolute atomic E-state index is 12.3. The molecule has 2 aliphatic heterocycles. The third-order valence-corrected chi connectivity index (χ3v) is 3.97. The van der Waals surface area contributed by atoms with E-state index >= 15 is 0 Å². The van der Waals surface area contributed by atoms with Crippen molar-refractivity contribution in [2.75, 3.05) is 7.05 Å². The third kappa shape index (κ3) is 1.97. The summed E-state index contributed by atoms with van der Waals surface area (Å²) in [5.41, 5.74) is 0. The number of hydrogen-bond donors (Lipinski definition) is 1. The van der Waals surface area contributed by atoms with Crippen LogP contribution in [-0.4, -0.2) is 29.9 Å². The van der Waals surface area contributed by atoms with E-state index in [-0.39, 0.29) is 11.8 Å². The van der Waals surface area contributed by atoms with Gasteiger partial charge in [0.15, 0.2) is 0 Å². The maximum atomic E-state index is 12.3. The molecule has 1 N–H and O–H groups in total. The van der Waals surface area contributed by atoms with Crippen LogP contribution in [0.2, 0.25) is 0 Å². The number of nitrogens with zero attached hydrogens (tertiary/aromatic N) is 1. The highest BCUT2D eigenvalue weighted by atomic mass is 16.3. The molecule has 4 heteroatoms. The van der Waals surface area contributed by atoms with Gasteiger partial charge in [-0.3, -0.25) is 4.79 Å². The van der Waals surface area contributed by atoms with E-state index in [4.69, 9.17) is 4.42 Å². The average molecular weight is 234 g/mol. The highest BCUT2D eigenvalue weighted by Crippen LogP contribution is 2.34. The largest absolute Gasteiger partial charge is 0.467 e. The van der Waals surface area contributed by atoms with Crippen molar-refractivity contribution in [1.82, 2.24) is 10.2 Å². The summed E-state index contributed by atoms with van der Waals surface area (Å²) in [6.45, 7) is 0.569. The molecular formula is C13H18N2O2. The lowest BCUT2D eigenvalue weighted by atomic mass is 9.88. The van der Waals surface area contributed by atoms with Crippen LogP contribution in [0, 0.1) is 5.92 Å². The van der Waals surface area contributed by atoms with E-state index in [2.05, 4.69) is 5.32 Å². The predicted molar refractivity (Wildman–Crippen MR) is 63.2 cm³/mol. The zero-order chi connectivity index (χ0) is 11.8. The van der Waals surface area contributed by atoms with Crippen molar-refractivity contribution in [3.8, 4) is 0 Å². The summed E-state index contributed by atoms with van der Waals surface area (Å²) in [7, 11) is 1.86. The van der Waals surface area contributed by atoms with Crippen molar-refractivity contribution in [1.29, 1.82) is 0 Å². The molecule has 1 aromatic rings. The summed E-state index contributed by atoms with van der Waals surface area (Å²) in [5.74, 6) is 1.27. The summed E-state index contributed by atoms with van der Waals surface area (Å²) >= 11 is 0. The smallest absolute Gasteiger partial charge is 0.227 e. The van der Waals surface area contributed by atoms with Gasteiger partial charge in [0, 0.05) is 19.1 Å². The number of nitrogens with one attached hydrogen (secondary N) is 1. The van der Waals surface area contributed by atoms with Crippen LogP contribution in [-0.2, 0) is 11.3 Å². The minimum Gasteiger partial charge on any atom is -0.467 e. The second-order valence-electron chi connectivity index (χ2n) is 5.16. The Balaban J connectivity index is 1.62. The van der Waals surface area contributed by atoms with E-state index in [0.717, 1.165) is 18.6 Å². The van der Waals surface area contributed by atoms with Crippen LogP contribution >= 0.6 is 0 Å². The molecule has 0 spiro atoms. The molecule has 0 saturated carbocycles. The molecule has 3 unspecified atom stereocenters. The molecule has 0 radical (unpaired) electrons. The van der Waals surface area contributed by atoms with E-state index in [1.54, 1.807) is 11.2 Å². The lowest BCUT2D eigenvalue weighted by Gasteiger charge is -2.25. The molecule has 3 rings (SSSR count). The van der Waals surface area contributed by atoms with Crippen molar-refractivity contribution in [2.24, 2.45) is 5.92 Å². The monoisotopic (exact) mass is 234 g/mol. The fraction of sp³-hybridized carbons (Fsp3) is 0.615. The number of carbonyl (C=O) groups is 1. The molecule has 2 fully saturated rings. The molecule has 92 valence electrons. The first kappa shape index (κ1) is 10.8. The van der Waals surface area contributed by atoms with Crippen LogP contribution in [0.15, 0.2) is 22.8 Å². The molecule has 4 nitrogen and oxygen atoms in total. The van der Waals surface area contributed by atoms with Gasteiger partial charge >= 0.3 is 0 Å². The lowest BCUT2D eigenvalue weighted by Crippen LogP contribution is -2.38. The SMILES string of the molecule is CN(Cc1ccco1)C(=O)C1CC2CCC1N2. The van der Waals surface area contributed by atoms with Gasteiger partial charge in [0.2, 0.25) is 5.91 Å². The minimum atomic E-state index is 0.175. The molecule has 0 aromatic carbocycles. The first-order chi connectivity index (χ1) is 8.24. The number of carbonyl (C=O) groups excluding carboxylic acids is 1. The van der Waals surface area contributed by atoms with Gasteiger partial charge in [-0.05, 0) is 31.4 Å². The van der Waals surface area contributed by atoms with Crippen LogP contribution in [0.3, 0.4) is 0 Å².